The van der Waals surface area contributed by atoms with Crippen molar-refractivity contribution in [2.24, 2.45) is 0 Å². The van der Waals surface area contributed by atoms with Crippen molar-refractivity contribution in [2.75, 3.05) is 0 Å². The number of rotatable bonds is 4. The van der Waals surface area contributed by atoms with Crippen molar-refractivity contribution >= 4 is 49.3 Å². The van der Waals surface area contributed by atoms with Gasteiger partial charge >= 0.3 is 0 Å². The number of aromatic nitrogens is 2. The van der Waals surface area contributed by atoms with E-state index in [2.05, 4.69) is 141 Å². The van der Waals surface area contributed by atoms with Crippen molar-refractivity contribution in [1.29, 1.82) is 5.26 Å². The topological polar surface area (TPSA) is 38.0 Å². The Balaban J connectivity index is 1.23. The summed E-state index contributed by atoms with van der Waals surface area (Å²) >= 11 is 0. The smallest absolute Gasteiger partial charge is 0.189 e. The first-order valence-corrected chi connectivity index (χ1v) is 15.9. The summed E-state index contributed by atoms with van der Waals surface area (Å²) in [5, 5.41) is 14.3. The fourth-order valence-electron chi connectivity index (χ4n) is 7.33. The van der Waals surface area contributed by atoms with Crippen LogP contribution < -0.4 is 0 Å². The number of hydrogen-bond acceptors (Lipinski definition) is 1. The molecule has 222 valence electrons. The molecule has 9 aromatic rings. The van der Waals surface area contributed by atoms with Crippen LogP contribution in [0.2, 0.25) is 0 Å². The van der Waals surface area contributed by atoms with Gasteiger partial charge in [0.15, 0.2) is 5.69 Å². The van der Waals surface area contributed by atoms with E-state index in [1.54, 1.807) is 0 Å². The number of fused-ring (bicyclic) bond motifs is 6. The molecule has 0 fully saturated rings. The Bertz CT molecular complexity index is 2750. The van der Waals surface area contributed by atoms with Gasteiger partial charge in [0.25, 0.3) is 0 Å². The van der Waals surface area contributed by atoms with Gasteiger partial charge in [0.2, 0.25) is 0 Å². The number of nitrogens with zero attached hydrogens (tertiary/aromatic N) is 4. The van der Waals surface area contributed by atoms with Gasteiger partial charge in [-0.25, -0.2) is 4.85 Å². The molecule has 0 bridgehead atoms. The molecule has 0 saturated heterocycles. The summed E-state index contributed by atoms with van der Waals surface area (Å²) in [5.74, 6) is 0. The summed E-state index contributed by atoms with van der Waals surface area (Å²) < 4.78 is 4.54. The van der Waals surface area contributed by atoms with E-state index in [0.29, 0.717) is 11.3 Å². The first kappa shape index (κ1) is 27.4. The number of nitriles is 1. The molecular weight excluding hydrogens is 585 g/mol. The van der Waals surface area contributed by atoms with Gasteiger partial charge in [-0.2, -0.15) is 5.26 Å². The zero-order valence-electron chi connectivity index (χ0n) is 25.8. The van der Waals surface area contributed by atoms with Crippen molar-refractivity contribution in [2.45, 2.75) is 0 Å². The van der Waals surface area contributed by atoms with E-state index in [1.165, 1.54) is 10.8 Å². The van der Waals surface area contributed by atoms with E-state index in [9.17, 15) is 5.26 Å². The fourth-order valence-corrected chi connectivity index (χ4v) is 7.33. The van der Waals surface area contributed by atoms with Crippen LogP contribution in [0, 0.1) is 17.9 Å². The van der Waals surface area contributed by atoms with Crippen molar-refractivity contribution in [3.8, 4) is 39.7 Å². The molecular formula is C44H26N4. The summed E-state index contributed by atoms with van der Waals surface area (Å²) in [5.41, 5.74) is 11.9. The molecule has 4 heteroatoms. The zero-order chi connectivity index (χ0) is 32.2. The maximum Gasteiger partial charge on any atom is 0.189 e. The van der Waals surface area contributed by atoms with Gasteiger partial charge < -0.3 is 9.13 Å². The highest BCUT2D eigenvalue weighted by molar-refractivity contribution is 6.12. The zero-order valence-corrected chi connectivity index (χ0v) is 25.8. The van der Waals surface area contributed by atoms with Crippen LogP contribution in [-0.4, -0.2) is 9.13 Å². The van der Waals surface area contributed by atoms with Gasteiger partial charge in [-0.15, -0.1) is 0 Å². The summed E-state index contributed by atoms with van der Waals surface area (Å²) in [4.78, 5) is 3.82. The molecule has 0 atom stereocenters. The van der Waals surface area contributed by atoms with E-state index >= 15 is 0 Å². The molecule has 9 rings (SSSR count). The Kier molecular flexibility index (Phi) is 6.22. The third-order valence-corrected chi connectivity index (χ3v) is 9.40. The molecule has 0 N–H and O–H groups in total. The lowest BCUT2D eigenvalue weighted by Crippen LogP contribution is -1.98. The number of benzene rings is 7. The molecule has 0 unspecified atom stereocenters. The maximum absolute atomic E-state index is 9.90. The quantitative estimate of drug-likeness (QED) is 0.183. The van der Waals surface area contributed by atoms with Gasteiger partial charge in [0.05, 0.1) is 40.3 Å². The Morgan fingerprint density at radius 2 is 1.08 bits per heavy atom. The van der Waals surface area contributed by atoms with Crippen LogP contribution in [0.25, 0.3) is 82.1 Å². The lowest BCUT2D eigenvalue weighted by atomic mass is 9.93. The number of hydrogen-bond donors (Lipinski definition) is 0. The Morgan fingerprint density at radius 3 is 1.75 bits per heavy atom. The van der Waals surface area contributed by atoms with Crippen molar-refractivity contribution in [1.82, 2.24) is 9.13 Å². The molecule has 2 heterocycles. The normalized spacial score (nSPS) is 11.3. The molecule has 0 spiro atoms. The minimum Gasteiger partial charge on any atom is -0.310 e. The average Bonchev–Trinajstić information content (AvgIpc) is 3.68. The Morgan fingerprint density at radius 1 is 0.500 bits per heavy atom. The van der Waals surface area contributed by atoms with Gasteiger partial charge in [-0.3, -0.25) is 0 Å². The second-order valence-electron chi connectivity index (χ2n) is 11.9. The Labute approximate surface area is 277 Å². The van der Waals surface area contributed by atoms with Crippen LogP contribution in [0.15, 0.2) is 158 Å². The third-order valence-electron chi connectivity index (χ3n) is 9.40. The highest BCUT2D eigenvalue weighted by atomic mass is 15.0. The minimum absolute atomic E-state index is 0.600. The molecule has 48 heavy (non-hydrogen) atoms. The molecule has 0 amide bonds. The van der Waals surface area contributed by atoms with E-state index in [4.69, 9.17) is 6.57 Å². The predicted octanol–water partition coefficient (Wildman–Crippen LogP) is 11.6. The highest BCUT2D eigenvalue weighted by Gasteiger charge is 2.19. The van der Waals surface area contributed by atoms with Crippen molar-refractivity contribution < 1.29 is 0 Å². The largest absolute Gasteiger partial charge is 0.310 e. The van der Waals surface area contributed by atoms with Crippen LogP contribution in [-0.2, 0) is 0 Å². The maximum atomic E-state index is 9.90. The summed E-state index contributed by atoms with van der Waals surface area (Å²) in [7, 11) is 0. The molecule has 0 saturated carbocycles. The lowest BCUT2D eigenvalue weighted by molar-refractivity contribution is 1.18. The molecule has 7 aromatic carbocycles. The van der Waals surface area contributed by atoms with Crippen LogP contribution >= 0.6 is 0 Å². The second-order valence-corrected chi connectivity index (χ2v) is 11.9. The minimum atomic E-state index is 0.600. The molecule has 0 aliphatic heterocycles. The summed E-state index contributed by atoms with van der Waals surface area (Å²) in [6, 6.07) is 56.7. The average molecular weight is 611 g/mol. The van der Waals surface area contributed by atoms with Crippen LogP contribution in [0.4, 0.5) is 5.69 Å². The van der Waals surface area contributed by atoms with Crippen LogP contribution in [0.5, 0.6) is 0 Å². The fraction of sp³-hybridized carbons (Fsp3) is 0. The van der Waals surface area contributed by atoms with Crippen LogP contribution in [0.1, 0.15) is 5.56 Å². The van der Waals surface area contributed by atoms with Gasteiger partial charge in [-0.05, 0) is 65.2 Å². The standard InChI is InChI=1S/C44H26N4/c1-46-31-23-26-37(43(27-31)48-39-17-7-4-14-35(39)36-15-5-8-18-40(36)48)34-13-3-2-12-33(34)29-21-24-32(25-22-29)47-41-19-9-6-16-38(41)44-30(28-45)11-10-20-42(44)47/h2-27H. The molecule has 0 aliphatic carbocycles. The molecule has 4 nitrogen and oxygen atoms in total. The predicted molar refractivity (Wildman–Crippen MR) is 197 cm³/mol. The Hall–Kier alpha value is -6.88. The lowest BCUT2D eigenvalue weighted by Gasteiger charge is -2.18. The van der Waals surface area contributed by atoms with E-state index in [-0.39, 0.29) is 0 Å². The van der Waals surface area contributed by atoms with Crippen molar-refractivity contribution in [3.05, 3.63) is 175 Å². The van der Waals surface area contributed by atoms with Crippen molar-refractivity contribution in [3.63, 3.8) is 0 Å². The van der Waals surface area contributed by atoms with E-state index in [1.807, 2.05) is 36.4 Å². The first-order chi connectivity index (χ1) is 23.7. The van der Waals surface area contributed by atoms with E-state index < -0.39 is 0 Å². The molecule has 2 aromatic heterocycles. The van der Waals surface area contributed by atoms with E-state index in [0.717, 1.165) is 66.5 Å². The third kappa shape index (κ3) is 4.07. The SMILES string of the molecule is [C-]#[N+]c1ccc(-c2ccccc2-c2ccc(-n3c4ccccc4c4c(C#N)cccc43)cc2)c(-n2c3ccccc3c3ccccc32)c1. The van der Waals surface area contributed by atoms with Gasteiger partial charge in [0, 0.05) is 38.5 Å². The highest BCUT2D eigenvalue weighted by Crippen LogP contribution is 2.41. The first-order valence-electron chi connectivity index (χ1n) is 15.9. The summed E-state index contributed by atoms with van der Waals surface area (Å²) in [6.45, 7) is 7.84. The monoisotopic (exact) mass is 610 g/mol. The second kappa shape index (κ2) is 10.9. The molecule has 0 aliphatic rings. The van der Waals surface area contributed by atoms with Gasteiger partial charge in [0.1, 0.15) is 0 Å². The van der Waals surface area contributed by atoms with Crippen LogP contribution in [0.3, 0.4) is 0 Å². The van der Waals surface area contributed by atoms with Gasteiger partial charge in [-0.1, -0.05) is 109 Å². The summed E-state index contributed by atoms with van der Waals surface area (Å²) in [6.07, 6.45) is 0. The molecule has 0 radical (unpaired) electrons. The number of para-hydroxylation sites is 3.